The number of carbonyl (C=O) groups is 2. The number of nitrogens with zero attached hydrogens (tertiary/aromatic N) is 1. The summed E-state index contributed by atoms with van der Waals surface area (Å²) in [6.45, 7) is 4.20. The fourth-order valence-corrected chi connectivity index (χ4v) is 2.97. The minimum absolute atomic E-state index is 0.0229. The molecule has 1 atom stereocenters. The van der Waals surface area contributed by atoms with Gasteiger partial charge in [-0.3, -0.25) is 4.79 Å². The van der Waals surface area contributed by atoms with E-state index in [1.807, 2.05) is 25.1 Å². The third-order valence-corrected chi connectivity index (χ3v) is 4.58. The largest absolute Gasteiger partial charge is 0.465 e. The van der Waals surface area contributed by atoms with Gasteiger partial charge in [0.05, 0.1) is 17.8 Å². The van der Waals surface area contributed by atoms with Crippen molar-refractivity contribution in [3.8, 4) is 0 Å². The van der Waals surface area contributed by atoms with Crippen LogP contribution >= 0.6 is 11.3 Å². The summed E-state index contributed by atoms with van der Waals surface area (Å²) in [5.74, 6) is -0.467. The Morgan fingerprint density at radius 3 is 2.64 bits per heavy atom. The first-order valence-corrected chi connectivity index (χ1v) is 7.73. The van der Waals surface area contributed by atoms with E-state index in [1.165, 1.54) is 18.4 Å². The zero-order valence-electron chi connectivity index (χ0n) is 12.8. The average Bonchev–Trinajstić information content (AvgIpc) is 2.94. The highest BCUT2D eigenvalue weighted by atomic mass is 32.1. The van der Waals surface area contributed by atoms with Crippen molar-refractivity contribution in [1.29, 1.82) is 0 Å². The average molecular weight is 318 g/mol. The summed E-state index contributed by atoms with van der Waals surface area (Å²) in [5.41, 5.74) is 1.29. The topological polar surface area (TPSA) is 68.3 Å². The third kappa shape index (κ3) is 3.71. The van der Waals surface area contributed by atoms with E-state index in [0.29, 0.717) is 22.7 Å². The fraction of sp³-hybridized carbons (Fsp3) is 0.312. The van der Waals surface area contributed by atoms with Crippen molar-refractivity contribution in [3.05, 3.63) is 51.5 Å². The molecule has 2 rings (SSSR count). The number of ether oxygens (including phenoxy) is 1. The number of esters is 1. The molecular formula is C16H18N2O3S. The van der Waals surface area contributed by atoms with E-state index in [4.69, 9.17) is 4.74 Å². The molecule has 22 heavy (non-hydrogen) atoms. The van der Waals surface area contributed by atoms with Crippen LogP contribution in [0.1, 0.15) is 43.6 Å². The SMILES string of the molecule is COC(=O)c1sc([C@H](C)CNC(=O)c2ccccc2)nc1C. The second-order valence-electron chi connectivity index (χ2n) is 4.94. The quantitative estimate of drug-likeness (QED) is 0.861. The van der Waals surface area contributed by atoms with Gasteiger partial charge in [0.2, 0.25) is 0 Å². The van der Waals surface area contributed by atoms with Crippen LogP contribution in [-0.4, -0.2) is 30.5 Å². The van der Waals surface area contributed by atoms with Crippen LogP contribution in [0, 0.1) is 6.92 Å². The van der Waals surface area contributed by atoms with Crippen molar-refractivity contribution >= 4 is 23.2 Å². The van der Waals surface area contributed by atoms with Crippen molar-refractivity contribution in [2.24, 2.45) is 0 Å². The van der Waals surface area contributed by atoms with E-state index in [1.54, 1.807) is 19.1 Å². The number of hydrogen-bond acceptors (Lipinski definition) is 5. The number of nitrogens with one attached hydrogen (secondary N) is 1. The molecule has 1 N–H and O–H groups in total. The van der Waals surface area contributed by atoms with E-state index < -0.39 is 0 Å². The Bertz CT molecular complexity index is 667. The molecule has 0 aliphatic carbocycles. The molecule has 0 fully saturated rings. The first-order valence-electron chi connectivity index (χ1n) is 6.91. The molecule has 1 aromatic heterocycles. The maximum absolute atomic E-state index is 12.0. The highest BCUT2D eigenvalue weighted by Crippen LogP contribution is 2.25. The van der Waals surface area contributed by atoms with Crippen LogP contribution in [0.5, 0.6) is 0 Å². The maximum atomic E-state index is 12.0. The normalized spacial score (nSPS) is 11.8. The number of rotatable bonds is 5. The molecule has 0 bridgehead atoms. The summed E-state index contributed by atoms with van der Waals surface area (Å²) in [6.07, 6.45) is 0. The van der Waals surface area contributed by atoms with Crippen LogP contribution in [0.15, 0.2) is 30.3 Å². The molecule has 0 radical (unpaired) electrons. The number of amides is 1. The summed E-state index contributed by atoms with van der Waals surface area (Å²) in [6, 6.07) is 9.05. The van der Waals surface area contributed by atoms with Gasteiger partial charge in [0.15, 0.2) is 0 Å². The van der Waals surface area contributed by atoms with Crippen molar-refractivity contribution in [3.63, 3.8) is 0 Å². The Kier molecular flexibility index (Phi) is 5.27. The van der Waals surface area contributed by atoms with Gasteiger partial charge >= 0.3 is 5.97 Å². The Morgan fingerprint density at radius 2 is 2.00 bits per heavy atom. The Morgan fingerprint density at radius 1 is 1.32 bits per heavy atom. The fourth-order valence-electron chi connectivity index (χ4n) is 1.93. The molecule has 0 saturated heterocycles. The monoisotopic (exact) mass is 318 g/mol. The zero-order valence-corrected chi connectivity index (χ0v) is 13.6. The predicted octanol–water partition coefficient (Wildman–Crippen LogP) is 2.77. The highest BCUT2D eigenvalue weighted by Gasteiger charge is 2.19. The van der Waals surface area contributed by atoms with Crippen molar-refractivity contribution in [2.75, 3.05) is 13.7 Å². The smallest absolute Gasteiger partial charge is 0.349 e. The number of carbonyl (C=O) groups excluding carboxylic acids is 2. The number of aryl methyl sites for hydroxylation is 1. The summed E-state index contributed by atoms with van der Waals surface area (Å²) >= 11 is 1.31. The van der Waals surface area contributed by atoms with Gasteiger partial charge in [0.1, 0.15) is 4.88 Å². The van der Waals surface area contributed by atoms with Crippen LogP contribution in [0.4, 0.5) is 0 Å². The first kappa shape index (κ1) is 16.2. The van der Waals surface area contributed by atoms with E-state index in [2.05, 4.69) is 10.3 Å². The van der Waals surface area contributed by atoms with Gasteiger partial charge in [-0.15, -0.1) is 11.3 Å². The number of aromatic nitrogens is 1. The van der Waals surface area contributed by atoms with Gasteiger partial charge < -0.3 is 10.1 Å². The molecule has 2 aromatic rings. The molecular weight excluding hydrogens is 300 g/mol. The highest BCUT2D eigenvalue weighted by molar-refractivity contribution is 7.13. The van der Waals surface area contributed by atoms with Gasteiger partial charge in [0.25, 0.3) is 5.91 Å². The van der Waals surface area contributed by atoms with Crippen molar-refractivity contribution in [2.45, 2.75) is 19.8 Å². The Hall–Kier alpha value is -2.21. The Labute approximate surface area is 133 Å². The third-order valence-electron chi connectivity index (χ3n) is 3.21. The lowest BCUT2D eigenvalue weighted by Crippen LogP contribution is -2.27. The summed E-state index contributed by atoms with van der Waals surface area (Å²) in [7, 11) is 1.35. The lowest BCUT2D eigenvalue weighted by molar-refractivity contribution is 0.0605. The molecule has 0 saturated carbocycles. The second kappa shape index (κ2) is 7.17. The maximum Gasteiger partial charge on any atom is 0.349 e. The van der Waals surface area contributed by atoms with E-state index in [0.717, 1.165) is 5.01 Å². The molecule has 6 heteroatoms. The number of methoxy groups -OCH3 is 1. The van der Waals surface area contributed by atoms with Gasteiger partial charge in [-0.1, -0.05) is 25.1 Å². The van der Waals surface area contributed by atoms with E-state index in [9.17, 15) is 9.59 Å². The zero-order chi connectivity index (χ0) is 16.1. The summed E-state index contributed by atoms with van der Waals surface area (Å²) in [4.78, 5) is 28.5. The molecule has 5 nitrogen and oxygen atoms in total. The van der Waals surface area contributed by atoms with E-state index >= 15 is 0 Å². The van der Waals surface area contributed by atoms with Crippen LogP contribution in [0.25, 0.3) is 0 Å². The van der Waals surface area contributed by atoms with Crippen LogP contribution in [0.2, 0.25) is 0 Å². The van der Waals surface area contributed by atoms with Gasteiger partial charge in [0, 0.05) is 18.0 Å². The lowest BCUT2D eigenvalue weighted by atomic mass is 10.1. The summed E-state index contributed by atoms with van der Waals surface area (Å²) < 4.78 is 4.73. The van der Waals surface area contributed by atoms with Crippen LogP contribution in [-0.2, 0) is 4.74 Å². The number of thiazole rings is 1. The molecule has 1 aromatic carbocycles. The van der Waals surface area contributed by atoms with Crippen LogP contribution in [0.3, 0.4) is 0 Å². The van der Waals surface area contributed by atoms with Crippen molar-refractivity contribution in [1.82, 2.24) is 10.3 Å². The van der Waals surface area contributed by atoms with Crippen LogP contribution < -0.4 is 5.32 Å². The molecule has 1 heterocycles. The van der Waals surface area contributed by atoms with Gasteiger partial charge in [-0.2, -0.15) is 0 Å². The van der Waals surface area contributed by atoms with Crippen molar-refractivity contribution < 1.29 is 14.3 Å². The molecule has 0 spiro atoms. The predicted molar refractivity (Wildman–Crippen MR) is 85.4 cm³/mol. The second-order valence-corrected chi connectivity index (χ2v) is 5.97. The number of benzene rings is 1. The molecule has 116 valence electrons. The number of hydrogen-bond donors (Lipinski definition) is 1. The Balaban J connectivity index is 1.99. The summed E-state index contributed by atoms with van der Waals surface area (Å²) in [5, 5.41) is 3.69. The standard InChI is InChI=1S/C16H18N2O3S/c1-10(9-17-14(19)12-7-5-4-6-8-12)15-18-11(2)13(22-15)16(20)21-3/h4-8,10H,9H2,1-3H3,(H,17,19)/t10-/m1/s1. The molecule has 0 aliphatic rings. The minimum atomic E-state index is -0.373. The van der Waals surface area contributed by atoms with E-state index in [-0.39, 0.29) is 17.8 Å². The molecule has 0 aliphatic heterocycles. The molecule has 0 unspecified atom stereocenters. The minimum Gasteiger partial charge on any atom is -0.465 e. The van der Waals surface area contributed by atoms with Gasteiger partial charge in [-0.05, 0) is 19.1 Å². The van der Waals surface area contributed by atoms with Gasteiger partial charge in [-0.25, -0.2) is 9.78 Å². The first-order chi connectivity index (χ1) is 10.5. The lowest BCUT2D eigenvalue weighted by Gasteiger charge is -2.10. The molecule has 1 amide bonds.